The lowest BCUT2D eigenvalue weighted by molar-refractivity contribution is 0.106. The molecule has 2 aromatic rings. The Morgan fingerprint density at radius 1 is 1.39 bits per heavy atom. The van der Waals surface area contributed by atoms with E-state index in [4.69, 9.17) is 4.74 Å². The third-order valence-corrected chi connectivity index (χ3v) is 3.33. The van der Waals surface area contributed by atoms with Gasteiger partial charge in [-0.1, -0.05) is 0 Å². The molecule has 0 amide bonds. The molecule has 2 unspecified atom stereocenters. The summed E-state index contributed by atoms with van der Waals surface area (Å²) in [5.41, 5.74) is 2.90. The van der Waals surface area contributed by atoms with Gasteiger partial charge in [0.1, 0.15) is 0 Å². The summed E-state index contributed by atoms with van der Waals surface area (Å²) in [5, 5.41) is 8.84. The maximum atomic E-state index is 5.30. The van der Waals surface area contributed by atoms with Gasteiger partial charge in [0.05, 0.1) is 23.7 Å². The minimum atomic E-state index is 0.149. The summed E-state index contributed by atoms with van der Waals surface area (Å²) in [4.78, 5) is 4.44. The van der Waals surface area contributed by atoms with Crippen LogP contribution in [0.2, 0.25) is 0 Å². The fraction of sp³-hybridized carbons (Fsp3) is 0.538. The maximum absolute atomic E-state index is 5.30. The molecule has 0 aliphatic carbocycles. The van der Waals surface area contributed by atoms with Gasteiger partial charge in [-0.05, 0) is 26.8 Å². The largest absolute Gasteiger partial charge is 0.380 e. The Kier molecular flexibility index (Phi) is 3.52. The van der Waals surface area contributed by atoms with Gasteiger partial charge in [-0.3, -0.25) is 4.68 Å². The molecule has 0 bridgehead atoms. The Labute approximate surface area is 107 Å². The highest BCUT2D eigenvalue weighted by molar-refractivity contribution is 5.81. The lowest BCUT2D eigenvalue weighted by atomic mass is 10.2. The van der Waals surface area contributed by atoms with Gasteiger partial charge < -0.3 is 10.1 Å². The van der Waals surface area contributed by atoms with Gasteiger partial charge in [-0.2, -0.15) is 5.10 Å². The lowest BCUT2D eigenvalue weighted by Gasteiger charge is -2.20. The summed E-state index contributed by atoms with van der Waals surface area (Å²) in [6, 6.07) is 2.31. The SMILES string of the molecule is COC(C)C(C)Nc1cnc2c(c1)c(C)nn2C. The highest BCUT2D eigenvalue weighted by Crippen LogP contribution is 2.20. The van der Waals surface area contributed by atoms with Crippen molar-refractivity contribution in [1.82, 2.24) is 14.8 Å². The predicted octanol–water partition coefficient (Wildman–Crippen LogP) is 2.11. The van der Waals surface area contributed by atoms with Gasteiger partial charge in [0, 0.05) is 25.6 Å². The van der Waals surface area contributed by atoms with Crippen molar-refractivity contribution >= 4 is 16.7 Å². The number of aryl methyl sites for hydroxylation is 2. The zero-order chi connectivity index (χ0) is 13.3. The summed E-state index contributed by atoms with van der Waals surface area (Å²) in [6.07, 6.45) is 1.98. The van der Waals surface area contributed by atoms with Crippen LogP contribution in [0.15, 0.2) is 12.3 Å². The molecule has 0 spiro atoms. The minimum Gasteiger partial charge on any atom is -0.380 e. The van der Waals surface area contributed by atoms with Crippen LogP contribution in [0.1, 0.15) is 19.5 Å². The first kappa shape index (κ1) is 12.8. The van der Waals surface area contributed by atoms with Gasteiger partial charge in [-0.25, -0.2) is 4.98 Å². The van der Waals surface area contributed by atoms with Crippen molar-refractivity contribution in [3.05, 3.63) is 18.0 Å². The minimum absolute atomic E-state index is 0.149. The Morgan fingerprint density at radius 2 is 2.11 bits per heavy atom. The van der Waals surface area contributed by atoms with E-state index in [1.165, 1.54) is 0 Å². The molecule has 2 heterocycles. The highest BCUT2D eigenvalue weighted by atomic mass is 16.5. The molecule has 0 aromatic carbocycles. The molecule has 0 radical (unpaired) electrons. The van der Waals surface area contributed by atoms with Crippen LogP contribution in [-0.4, -0.2) is 34.0 Å². The van der Waals surface area contributed by atoms with E-state index in [-0.39, 0.29) is 12.1 Å². The molecule has 2 aromatic heterocycles. The number of pyridine rings is 1. The van der Waals surface area contributed by atoms with Crippen molar-refractivity contribution in [2.75, 3.05) is 12.4 Å². The zero-order valence-corrected chi connectivity index (χ0v) is 11.6. The van der Waals surface area contributed by atoms with Crippen LogP contribution in [0, 0.1) is 6.92 Å². The van der Waals surface area contributed by atoms with E-state index in [0.29, 0.717) is 0 Å². The molecule has 2 atom stereocenters. The number of methoxy groups -OCH3 is 1. The van der Waals surface area contributed by atoms with Crippen molar-refractivity contribution in [2.24, 2.45) is 7.05 Å². The zero-order valence-electron chi connectivity index (χ0n) is 11.6. The maximum Gasteiger partial charge on any atom is 0.157 e. The van der Waals surface area contributed by atoms with Crippen LogP contribution in [0.3, 0.4) is 0 Å². The number of aromatic nitrogens is 3. The van der Waals surface area contributed by atoms with E-state index in [1.807, 2.05) is 27.1 Å². The second kappa shape index (κ2) is 4.94. The number of ether oxygens (including phenoxy) is 1. The Bertz CT molecular complexity index is 549. The molecule has 0 fully saturated rings. The number of nitrogens with zero attached hydrogens (tertiary/aromatic N) is 3. The Morgan fingerprint density at radius 3 is 2.78 bits per heavy atom. The summed E-state index contributed by atoms with van der Waals surface area (Å²) in [5.74, 6) is 0. The van der Waals surface area contributed by atoms with Crippen LogP contribution in [-0.2, 0) is 11.8 Å². The molecule has 2 rings (SSSR count). The lowest BCUT2D eigenvalue weighted by Crippen LogP contribution is -2.29. The molecule has 5 nitrogen and oxygen atoms in total. The first-order valence-electron chi connectivity index (χ1n) is 6.11. The van der Waals surface area contributed by atoms with E-state index in [1.54, 1.807) is 11.8 Å². The monoisotopic (exact) mass is 248 g/mol. The average molecular weight is 248 g/mol. The van der Waals surface area contributed by atoms with E-state index in [9.17, 15) is 0 Å². The topological polar surface area (TPSA) is 52.0 Å². The van der Waals surface area contributed by atoms with Gasteiger partial charge in [0.15, 0.2) is 5.65 Å². The third-order valence-electron chi connectivity index (χ3n) is 3.33. The number of nitrogens with one attached hydrogen (secondary N) is 1. The molecule has 1 N–H and O–H groups in total. The number of hydrogen-bond donors (Lipinski definition) is 1. The summed E-state index contributed by atoms with van der Waals surface area (Å²) in [7, 11) is 3.63. The molecule has 0 saturated heterocycles. The molecular weight excluding hydrogens is 228 g/mol. The van der Waals surface area contributed by atoms with Crippen LogP contribution >= 0.6 is 0 Å². The first-order chi connectivity index (χ1) is 8.52. The van der Waals surface area contributed by atoms with Crippen LogP contribution in [0.5, 0.6) is 0 Å². The van der Waals surface area contributed by atoms with E-state index < -0.39 is 0 Å². The van der Waals surface area contributed by atoms with E-state index >= 15 is 0 Å². The van der Waals surface area contributed by atoms with Crippen molar-refractivity contribution in [1.29, 1.82) is 0 Å². The highest BCUT2D eigenvalue weighted by Gasteiger charge is 2.12. The molecule has 18 heavy (non-hydrogen) atoms. The quantitative estimate of drug-likeness (QED) is 0.900. The van der Waals surface area contributed by atoms with Crippen LogP contribution in [0.4, 0.5) is 5.69 Å². The Hall–Kier alpha value is -1.62. The standard InChI is InChI=1S/C13H20N4O/c1-8(10(3)18-5)15-11-6-12-9(2)16-17(4)13(12)14-7-11/h6-8,10,15H,1-5H3. The summed E-state index contributed by atoms with van der Waals surface area (Å²) >= 11 is 0. The predicted molar refractivity (Wildman–Crippen MR) is 72.8 cm³/mol. The van der Waals surface area contributed by atoms with Crippen molar-refractivity contribution in [3.8, 4) is 0 Å². The smallest absolute Gasteiger partial charge is 0.157 e. The summed E-state index contributed by atoms with van der Waals surface area (Å²) in [6.45, 7) is 6.13. The average Bonchev–Trinajstić information content (AvgIpc) is 2.63. The third kappa shape index (κ3) is 2.31. The molecule has 0 aliphatic rings. The Balaban J connectivity index is 2.27. The van der Waals surface area contributed by atoms with Gasteiger partial charge in [0.25, 0.3) is 0 Å². The molecule has 98 valence electrons. The van der Waals surface area contributed by atoms with Gasteiger partial charge >= 0.3 is 0 Å². The fourth-order valence-electron chi connectivity index (χ4n) is 1.97. The molecule has 0 aliphatic heterocycles. The fourth-order valence-corrected chi connectivity index (χ4v) is 1.97. The number of rotatable bonds is 4. The molecular formula is C13H20N4O. The van der Waals surface area contributed by atoms with Crippen molar-refractivity contribution in [2.45, 2.75) is 32.9 Å². The normalized spacial score (nSPS) is 14.7. The second-order valence-corrected chi connectivity index (χ2v) is 4.68. The number of fused-ring (bicyclic) bond motifs is 1. The van der Waals surface area contributed by atoms with Crippen LogP contribution in [0.25, 0.3) is 11.0 Å². The molecule has 5 heteroatoms. The van der Waals surface area contributed by atoms with Crippen molar-refractivity contribution in [3.63, 3.8) is 0 Å². The van der Waals surface area contributed by atoms with Gasteiger partial charge in [-0.15, -0.1) is 0 Å². The number of hydrogen-bond acceptors (Lipinski definition) is 4. The van der Waals surface area contributed by atoms with E-state index in [2.05, 4.69) is 28.4 Å². The van der Waals surface area contributed by atoms with Crippen molar-refractivity contribution < 1.29 is 4.74 Å². The van der Waals surface area contributed by atoms with E-state index in [0.717, 1.165) is 22.4 Å². The first-order valence-corrected chi connectivity index (χ1v) is 6.11. The summed E-state index contributed by atoms with van der Waals surface area (Å²) < 4.78 is 7.10. The molecule has 0 saturated carbocycles. The number of anilines is 1. The van der Waals surface area contributed by atoms with Crippen LogP contribution < -0.4 is 5.32 Å². The second-order valence-electron chi connectivity index (χ2n) is 4.68. The van der Waals surface area contributed by atoms with Gasteiger partial charge in [0.2, 0.25) is 0 Å².